The SMILES string of the molecule is COc1ccc(CC(=S)N(C)C)c(O)c1F. The molecule has 0 aliphatic rings. The molecule has 16 heavy (non-hydrogen) atoms. The van der Waals surface area contributed by atoms with Crippen molar-refractivity contribution in [3.05, 3.63) is 23.5 Å². The van der Waals surface area contributed by atoms with Gasteiger partial charge in [-0.05, 0) is 6.07 Å². The first-order valence-electron chi connectivity index (χ1n) is 4.71. The normalized spacial score (nSPS) is 10.0. The van der Waals surface area contributed by atoms with E-state index in [-0.39, 0.29) is 5.75 Å². The van der Waals surface area contributed by atoms with Gasteiger partial charge in [0.2, 0.25) is 5.82 Å². The molecular weight excluding hydrogens is 229 g/mol. The van der Waals surface area contributed by atoms with E-state index < -0.39 is 11.6 Å². The third-order valence-corrected chi connectivity index (χ3v) is 2.73. The number of phenolic OH excluding ortho intramolecular Hbond substituents is 1. The molecule has 88 valence electrons. The molecule has 0 aliphatic heterocycles. The van der Waals surface area contributed by atoms with Gasteiger partial charge in [-0.25, -0.2) is 0 Å². The Morgan fingerprint density at radius 1 is 1.50 bits per heavy atom. The van der Waals surface area contributed by atoms with E-state index >= 15 is 0 Å². The Balaban J connectivity index is 2.99. The highest BCUT2D eigenvalue weighted by Gasteiger charge is 2.14. The summed E-state index contributed by atoms with van der Waals surface area (Å²) in [7, 11) is 4.96. The predicted octanol–water partition coefficient (Wildman–Crippen LogP) is 1.97. The van der Waals surface area contributed by atoms with Crippen molar-refractivity contribution < 1.29 is 14.2 Å². The van der Waals surface area contributed by atoms with Crippen molar-refractivity contribution >= 4 is 17.2 Å². The fourth-order valence-electron chi connectivity index (χ4n) is 1.21. The number of benzene rings is 1. The molecule has 1 rings (SSSR count). The average Bonchev–Trinajstić information content (AvgIpc) is 2.25. The standard InChI is InChI=1S/C11H14FNO2S/c1-13(2)9(16)6-7-4-5-8(15-3)10(12)11(7)14/h4-5,14H,6H2,1-3H3. The van der Waals surface area contributed by atoms with E-state index in [2.05, 4.69) is 0 Å². The Hall–Kier alpha value is -1.36. The van der Waals surface area contributed by atoms with Crippen LogP contribution in [0.3, 0.4) is 0 Å². The molecule has 0 radical (unpaired) electrons. The number of hydrogen-bond acceptors (Lipinski definition) is 3. The zero-order chi connectivity index (χ0) is 12.3. The molecule has 0 aromatic heterocycles. The van der Waals surface area contributed by atoms with Gasteiger partial charge in [0.15, 0.2) is 11.5 Å². The van der Waals surface area contributed by atoms with Crippen molar-refractivity contribution in [1.29, 1.82) is 0 Å². The third-order valence-electron chi connectivity index (χ3n) is 2.22. The van der Waals surface area contributed by atoms with Crippen LogP contribution < -0.4 is 4.74 Å². The van der Waals surface area contributed by atoms with E-state index in [9.17, 15) is 9.50 Å². The lowest BCUT2D eigenvalue weighted by Crippen LogP contribution is -2.21. The van der Waals surface area contributed by atoms with Gasteiger partial charge >= 0.3 is 0 Å². The van der Waals surface area contributed by atoms with Crippen LogP contribution in [0.5, 0.6) is 11.5 Å². The van der Waals surface area contributed by atoms with Crippen LogP contribution in [0.4, 0.5) is 4.39 Å². The van der Waals surface area contributed by atoms with Crippen LogP contribution in [0.1, 0.15) is 5.56 Å². The summed E-state index contributed by atoms with van der Waals surface area (Å²) in [5, 5.41) is 9.61. The number of aromatic hydroxyl groups is 1. The van der Waals surface area contributed by atoms with Crippen LogP contribution in [0.25, 0.3) is 0 Å². The number of phenols is 1. The number of ether oxygens (including phenoxy) is 1. The Bertz CT molecular complexity index is 407. The Morgan fingerprint density at radius 3 is 2.62 bits per heavy atom. The van der Waals surface area contributed by atoms with E-state index in [1.54, 1.807) is 25.1 Å². The molecule has 3 nitrogen and oxygen atoms in total. The van der Waals surface area contributed by atoms with E-state index in [0.29, 0.717) is 17.0 Å². The van der Waals surface area contributed by atoms with Crippen molar-refractivity contribution in [2.45, 2.75) is 6.42 Å². The number of methoxy groups -OCH3 is 1. The fourth-order valence-corrected chi connectivity index (χ4v) is 1.36. The number of thiocarbonyl (C=S) groups is 1. The van der Waals surface area contributed by atoms with Gasteiger partial charge in [0.25, 0.3) is 0 Å². The first-order valence-corrected chi connectivity index (χ1v) is 5.12. The van der Waals surface area contributed by atoms with Gasteiger partial charge in [0.1, 0.15) is 0 Å². The zero-order valence-corrected chi connectivity index (χ0v) is 10.3. The highest BCUT2D eigenvalue weighted by atomic mass is 32.1. The van der Waals surface area contributed by atoms with Crippen molar-refractivity contribution in [2.75, 3.05) is 21.2 Å². The van der Waals surface area contributed by atoms with Gasteiger partial charge in [0, 0.05) is 26.1 Å². The van der Waals surface area contributed by atoms with Gasteiger partial charge in [-0.2, -0.15) is 4.39 Å². The minimum atomic E-state index is -0.749. The lowest BCUT2D eigenvalue weighted by atomic mass is 10.1. The molecule has 0 atom stereocenters. The van der Waals surface area contributed by atoms with Crippen LogP contribution in [-0.2, 0) is 6.42 Å². The lowest BCUT2D eigenvalue weighted by molar-refractivity contribution is 0.362. The molecule has 0 bridgehead atoms. The number of nitrogens with zero attached hydrogens (tertiary/aromatic N) is 1. The number of hydrogen-bond donors (Lipinski definition) is 1. The maximum Gasteiger partial charge on any atom is 0.206 e. The zero-order valence-electron chi connectivity index (χ0n) is 9.45. The minimum absolute atomic E-state index is 0.0250. The van der Waals surface area contributed by atoms with E-state index in [0.717, 1.165) is 0 Å². The summed E-state index contributed by atoms with van der Waals surface area (Å²) in [5.74, 6) is -1.12. The maximum atomic E-state index is 13.5. The molecule has 0 amide bonds. The third kappa shape index (κ3) is 2.61. The summed E-state index contributed by atoms with van der Waals surface area (Å²) < 4.78 is 18.2. The van der Waals surface area contributed by atoms with Gasteiger partial charge < -0.3 is 14.7 Å². The van der Waals surface area contributed by atoms with E-state index in [1.807, 2.05) is 0 Å². The molecule has 0 heterocycles. The summed E-state index contributed by atoms with van der Waals surface area (Å²) in [4.78, 5) is 2.37. The summed E-state index contributed by atoms with van der Waals surface area (Å²) in [6.07, 6.45) is 0.328. The molecule has 5 heteroatoms. The topological polar surface area (TPSA) is 32.7 Å². The van der Waals surface area contributed by atoms with Crippen LogP contribution in [0, 0.1) is 5.82 Å². The molecule has 0 aliphatic carbocycles. The predicted molar refractivity (Wildman–Crippen MR) is 64.6 cm³/mol. The summed E-state index contributed by atoms with van der Waals surface area (Å²) in [6.45, 7) is 0. The van der Waals surface area contributed by atoms with Crippen LogP contribution in [-0.4, -0.2) is 36.2 Å². The molecule has 0 unspecified atom stereocenters. The molecule has 1 aromatic carbocycles. The van der Waals surface area contributed by atoms with Gasteiger partial charge in [-0.15, -0.1) is 0 Å². The van der Waals surface area contributed by atoms with Gasteiger partial charge in [0.05, 0.1) is 12.1 Å². The van der Waals surface area contributed by atoms with Crippen molar-refractivity contribution in [1.82, 2.24) is 4.90 Å². The first-order chi connectivity index (χ1) is 7.47. The van der Waals surface area contributed by atoms with Gasteiger partial charge in [-0.1, -0.05) is 18.3 Å². The summed E-state index contributed by atoms with van der Waals surface area (Å²) in [5.41, 5.74) is 0.456. The quantitative estimate of drug-likeness (QED) is 0.823. The molecule has 0 fully saturated rings. The first kappa shape index (κ1) is 12.7. The Morgan fingerprint density at radius 2 is 2.12 bits per heavy atom. The molecule has 0 spiro atoms. The van der Waals surface area contributed by atoms with E-state index in [4.69, 9.17) is 17.0 Å². The summed E-state index contributed by atoms with van der Waals surface area (Å²) in [6, 6.07) is 3.08. The van der Waals surface area contributed by atoms with Crippen molar-refractivity contribution in [3.63, 3.8) is 0 Å². The summed E-state index contributed by atoms with van der Waals surface area (Å²) >= 11 is 5.09. The minimum Gasteiger partial charge on any atom is -0.505 e. The second kappa shape index (κ2) is 5.12. The van der Waals surface area contributed by atoms with Gasteiger partial charge in [-0.3, -0.25) is 0 Å². The maximum absolute atomic E-state index is 13.5. The highest BCUT2D eigenvalue weighted by Crippen LogP contribution is 2.29. The Labute approximate surface area is 99.4 Å². The monoisotopic (exact) mass is 243 g/mol. The largest absolute Gasteiger partial charge is 0.505 e. The molecular formula is C11H14FNO2S. The second-order valence-corrected chi connectivity index (χ2v) is 4.03. The molecule has 1 N–H and O–H groups in total. The number of likely N-dealkylation sites (N-methyl/N-ethyl adjacent to an activating group) is 1. The highest BCUT2D eigenvalue weighted by molar-refractivity contribution is 7.80. The Kier molecular flexibility index (Phi) is 4.06. The van der Waals surface area contributed by atoms with Crippen LogP contribution in [0.2, 0.25) is 0 Å². The average molecular weight is 243 g/mol. The van der Waals surface area contributed by atoms with Crippen LogP contribution in [0.15, 0.2) is 12.1 Å². The molecule has 0 saturated carbocycles. The number of halogens is 1. The van der Waals surface area contributed by atoms with Crippen LogP contribution >= 0.6 is 12.2 Å². The van der Waals surface area contributed by atoms with Crippen molar-refractivity contribution in [3.8, 4) is 11.5 Å². The molecule has 1 aromatic rings. The smallest absolute Gasteiger partial charge is 0.206 e. The lowest BCUT2D eigenvalue weighted by Gasteiger charge is -2.15. The fraction of sp³-hybridized carbons (Fsp3) is 0.364. The second-order valence-electron chi connectivity index (χ2n) is 3.55. The van der Waals surface area contributed by atoms with Crippen molar-refractivity contribution in [2.24, 2.45) is 0 Å². The van der Waals surface area contributed by atoms with E-state index in [1.165, 1.54) is 13.2 Å². The number of rotatable bonds is 3. The molecule has 0 saturated heterocycles.